The second-order valence-electron chi connectivity index (χ2n) is 3.49. The zero-order chi connectivity index (χ0) is 12.2. The third kappa shape index (κ3) is 2.63. The molecule has 0 saturated heterocycles. The smallest absolute Gasteiger partial charge is 0.328 e. The first-order valence-electron chi connectivity index (χ1n) is 4.68. The first-order valence-corrected chi connectivity index (χ1v) is 5.48. The molecule has 0 saturated carbocycles. The minimum Gasteiger partial charge on any atom is -0.480 e. The van der Waals surface area contributed by atoms with Crippen LogP contribution in [0.3, 0.4) is 0 Å². The topological polar surface area (TPSA) is 49.3 Å². The Labute approximate surface area is 103 Å². The highest BCUT2D eigenvalue weighted by Gasteiger charge is 2.34. The van der Waals surface area contributed by atoms with Crippen molar-refractivity contribution in [2.45, 2.75) is 12.5 Å². The molecule has 0 radical (unpaired) electrons. The zero-order valence-corrected chi connectivity index (χ0v) is 10.4. The van der Waals surface area contributed by atoms with Crippen LogP contribution in [0.1, 0.15) is 12.5 Å². The van der Waals surface area contributed by atoms with Gasteiger partial charge in [-0.15, -0.1) is 6.42 Å². The largest absolute Gasteiger partial charge is 0.480 e. The molecule has 1 rings (SSSR count). The van der Waals surface area contributed by atoms with Crippen LogP contribution >= 0.6 is 15.9 Å². The van der Waals surface area contributed by atoms with Crippen molar-refractivity contribution in [1.82, 2.24) is 5.32 Å². The van der Waals surface area contributed by atoms with E-state index in [9.17, 15) is 9.90 Å². The standard InChI is InChI=1S/C12H12BrNO2/c1-3-8-14-12(2,11(15)16)9-4-6-10(13)7-5-9/h1,4-7,14H,8H2,2H3,(H,15,16). The molecule has 1 aromatic rings. The van der Waals surface area contributed by atoms with E-state index in [1.54, 1.807) is 31.2 Å². The predicted molar refractivity (Wildman–Crippen MR) is 66.0 cm³/mol. The van der Waals surface area contributed by atoms with Crippen LogP contribution in [-0.4, -0.2) is 17.6 Å². The zero-order valence-electron chi connectivity index (χ0n) is 8.83. The molecule has 0 bridgehead atoms. The molecule has 1 unspecified atom stereocenters. The fourth-order valence-electron chi connectivity index (χ4n) is 1.31. The molecule has 1 atom stereocenters. The molecule has 0 amide bonds. The lowest BCUT2D eigenvalue weighted by Gasteiger charge is -2.25. The van der Waals surface area contributed by atoms with Crippen LogP contribution < -0.4 is 5.32 Å². The van der Waals surface area contributed by atoms with Gasteiger partial charge in [0, 0.05) is 4.47 Å². The van der Waals surface area contributed by atoms with Crippen LogP contribution in [0.5, 0.6) is 0 Å². The summed E-state index contributed by atoms with van der Waals surface area (Å²) in [7, 11) is 0. The SMILES string of the molecule is C#CCNC(C)(C(=O)O)c1ccc(Br)cc1. The highest BCUT2D eigenvalue weighted by molar-refractivity contribution is 9.10. The van der Waals surface area contributed by atoms with Crippen molar-refractivity contribution in [2.75, 3.05) is 6.54 Å². The lowest BCUT2D eigenvalue weighted by Crippen LogP contribution is -2.46. The van der Waals surface area contributed by atoms with E-state index in [-0.39, 0.29) is 6.54 Å². The summed E-state index contributed by atoms with van der Waals surface area (Å²) in [5, 5.41) is 12.1. The third-order valence-electron chi connectivity index (χ3n) is 2.39. The number of terminal acetylenes is 1. The number of benzene rings is 1. The van der Waals surface area contributed by atoms with Crippen molar-refractivity contribution in [3.05, 3.63) is 34.3 Å². The van der Waals surface area contributed by atoms with E-state index in [2.05, 4.69) is 27.2 Å². The number of hydrogen-bond acceptors (Lipinski definition) is 2. The van der Waals surface area contributed by atoms with Crippen LogP contribution in [0.2, 0.25) is 0 Å². The van der Waals surface area contributed by atoms with Crippen molar-refractivity contribution >= 4 is 21.9 Å². The molecule has 1 aromatic carbocycles. The number of rotatable bonds is 4. The molecular formula is C12H12BrNO2. The van der Waals surface area contributed by atoms with Crippen molar-refractivity contribution in [3.8, 4) is 12.3 Å². The molecule has 84 valence electrons. The first-order chi connectivity index (χ1) is 7.50. The first kappa shape index (κ1) is 12.8. The van der Waals surface area contributed by atoms with E-state index >= 15 is 0 Å². The molecule has 0 aromatic heterocycles. The summed E-state index contributed by atoms with van der Waals surface area (Å²) in [5.74, 6) is 1.42. The van der Waals surface area contributed by atoms with Crippen LogP contribution in [0.25, 0.3) is 0 Å². The fourth-order valence-corrected chi connectivity index (χ4v) is 1.58. The van der Waals surface area contributed by atoms with Gasteiger partial charge in [0.25, 0.3) is 0 Å². The van der Waals surface area contributed by atoms with Gasteiger partial charge in [-0.2, -0.15) is 0 Å². The molecule has 0 aliphatic rings. The highest BCUT2D eigenvalue weighted by Crippen LogP contribution is 2.22. The van der Waals surface area contributed by atoms with Crippen molar-refractivity contribution in [2.24, 2.45) is 0 Å². The maximum absolute atomic E-state index is 11.3. The number of nitrogens with one attached hydrogen (secondary N) is 1. The van der Waals surface area contributed by atoms with E-state index in [4.69, 9.17) is 6.42 Å². The van der Waals surface area contributed by atoms with E-state index < -0.39 is 11.5 Å². The van der Waals surface area contributed by atoms with Gasteiger partial charge in [0.1, 0.15) is 5.54 Å². The van der Waals surface area contributed by atoms with Gasteiger partial charge < -0.3 is 5.11 Å². The molecule has 2 N–H and O–H groups in total. The van der Waals surface area contributed by atoms with Crippen LogP contribution in [0.15, 0.2) is 28.7 Å². The van der Waals surface area contributed by atoms with Crippen molar-refractivity contribution in [1.29, 1.82) is 0 Å². The Morgan fingerprint density at radius 3 is 2.56 bits per heavy atom. The number of halogens is 1. The second-order valence-corrected chi connectivity index (χ2v) is 4.41. The normalized spacial score (nSPS) is 13.8. The Bertz CT molecular complexity index is 422. The highest BCUT2D eigenvalue weighted by atomic mass is 79.9. The van der Waals surface area contributed by atoms with Gasteiger partial charge in [-0.25, -0.2) is 4.79 Å². The van der Waals surface area contributed by atoms with E-state index in [0.717, 1.165) is 4.47 Å². The number of carbonyl (C=O) groups is 1. The molecule has 4 heteroatoms. The predicted octanol–water partition coefficient (Wildman–Crippen LogP) is 1.97. The number of carboxylic acids is 1. The lowest BCUT2D eigenvalue weighted by atomic mass is 9.92. The summed E-state index contributed by atoms with van der Waals surface area (Å²) in [6.07, 6.45) is 5.13. The minimum atomic E-state index is -1.16. The average Bonchev–Trinajstić information content (AvgIpc) is 2.26. The Morgan fingerprint density at radius 2 is 2.12 bits per heavy atom. The van der Waals surface area contributed by atoms with Crippen molar-refractivity contribution < 1.29 is 9.90 Å². The Hall–Kier alpha value is -1.31. The van der Waals surface area contributed by atoms with Crippen LogP contribution in [0, 0.1) is 12.3 Å². The molecule has 0 heterocycles. The summed E-state index contributed by atoms with van der Waals surface area (Å²) < 4.78 is 0.904. The van der Waals surface area contributed by atoms with Crippen LogP contribution in [0.4, 0.5) is 0 Å². The van der Waals surface area contributed by atoms with Gasteiger partial charge in [-0.3, -0.25) is 5.32 Å². The van der Waals surface area contributed by atoms with Crippen molar-refractivity contribution in [3.63, 3.8) is 0 Å². The summed E-state index contributed by atoms with van der Waals surface area (Å²) in [4.78, 5) is 11.3. The molecular weight excluding hydrogens is 270 g/mol. The summed E-state index contributed by atoms with van der Waals surface area (Å²) in [6.45, 7) is 1.80. The number of carboxylic acid groups (broad SMARTS) is 1. The Kier molecular flexibility index (Phi) is 4.11. The summed E-state index contributed by atoms with van der Waals surface area (Å²) in [5.41, 5.74) is -0.494. The minimum absolute atomic E-state index is 0.207. The number of hydrogen-bond donors (Lipinski definition) is 2. The van der Waals surface area contributed by atoms with Gasteiger partial charge in [0.05, 0.1) is 6.54 Å². The van der Waals surface area contributed by atoms with Gasteiger partial charge in [0.15, 0.2) is 0 Å². The van der Waals surface area contributed by atoms with Gasteiger partial charge in [0.2, 0.25) is 0 Å². The monoisotopic (exact) mass is 281 g/mol. The maximum atomic E-state index is 11.3. The molecule has 0 fully saturated rings. The van der Waals surface area contributed by atoms with E-state index in [1.807, 2.05) is 0 Å². The molecule has 3 nitrogen and oxygen atoms in total. The quantitative estimate of drug-likeness (QED) is 0.830. The Balaban J connectivity index is 3.07. The summed E-state index contributed by atoms with van der Waals surface area (Å²) >= 11 is 3.30. The number of aliphatic carboxylic acids is 1. The summed E-state index contributed by atoms with van der Waals surface area (Å²) in [6, 6.07) is 7.10. The maximum Gasteiger partial charge on any atom is 0.328 e. The molecule has 0 aliphatic carbocycles. The average molecular weight is 282 g/mol. The van der Waals surface area contributed by atoms with Gasteiger partial charge in [-0.05, 0) is 24.6 Å². The molecule has 0 aliphatic heterocycles. The fraction of sp³-hybridized carbons (Fsp3) is 0.250. The van der Waals surface area contributed by atoms with E-state index in [1.165, 1.54) is 0 Å². The lowest BCUT2D eigenvalue weighted by molar-refractivity contribution is -0.144. The molecule has 0 spiro atoms. The molecule has 16 heavy (non-hydrogen) atoms. The Morgan fingerprint density at radius 1 is 1.56 bits per heavy atom. The second kappa shape index (κ2) is 5.15. The van der Waals surface area contributed by atoms with Crippen LogP contribution in [-0.2, 0) is 10.3 Å². The van der Waals surface area contributed by atoms with Gasteiger partial charge in [-0.1, -0.05) is 34.0 Å². The van der Waals surface area contributed by atoms with Gasteiger partial charge >= 0.3 is 5.97 Å². The van der Waals surface area contributed by atoms with E-state index in [0.29, 0.717) is 5.56 Å². The third-order valence-corrected chi connectivity index (χ3v) is 2.92.